The third-order valence-electron chi connectivity index (χ3n) is 12.7. The van der Waals surface area contributed by atoms with Gasteiger partial charge in [0.15, 0.2) is 5.82 Å². The molecule has 0 atom stereocenters. The second kappa shape index (κ2) is 14.2. The van der Waals surface area contributed by atoms with Gasteiger partial charge < -0.3 is 0 Å². The topological polar surface area (TPSA) is 25.8 Å². The van der Waals surface area contributed by atoms with Crippen molar-refractivity contribution in [1.82, 2.24) is 9.97 Å². The first-order chi connectivity index (χ1) is 28.7. The largest absolute Gasteiger partial charge is 0.228 e. The van der Waals surface area contributed by atoms with Crippen LogP contribution >= 0.6 is 0 Å². The van der Waals surface area contributed by atoms with Crippen molar-refractivity contribution in [3.63, 3.8) is 0 Å². The van der Waals surface area contributed by atoms with Crippen LogP contribution in [-0.2, 0) is 5.41 Å². The van der Waals surface area contributed by atoms with Crippen LogP contribution in [0.1, 0.15) is 43.2 Å². The Labute approximate surface area is 340 Å². The molecule has 0 saturated heterocycles. The summed E-state index contributed by atoms with van der Waals surface area (Å²) in [5.74, 6) is 0.714. The highest BCUT2D eigenvalue weighted by atomic mass is 14.9. The molecular formula is C56H42N2. The number of benzene rings is 8. The van der Waals surface area contributed by atoms with E-state index in [9.17, 15) is 0 Å². The van der Waals surface area contributed by atoms with Gasteiger partial charge in [0.2, 0.25) is 0 Å². The van der Waals surface area contributed by atoms with Crippen molar-refractivity contribution in [3.05, 3.63) is 205 Å². The molecule has 0 amide bonds. The molecule has 2 aliphatic carbocycles. The summed E-state index contributed by atoms with van der Waals surface area (Å²) in [6, 6.07) is 70.5. The van der Waals surface area contributed by atoms with E-state index >= 15 is 0 Å². The Kier molecular flexibility index (Phi) is 8.43. The number of rotatable bonds is 6. The summed E-state index contributed by atoms with van der Waals surface area (Å²) in [5, 5.41) is 2.65. The maximum absolute atomic E-state index is 5.27. The van der Waals surface area contributed by atoms with Crippen LogP contribution in [0, 0.1) is 0 Å². The van der Waals surface area contributed by atoms with Gasteiger partial charge in [-0.2, -0.15) is 0 Å². The molecule has 0 bridgehead atoms. The van der Waals surface area contributed by atoms with Crippen molar-refractivity contribution >= 4 is 10.8 Å². The monoisotopic (exact) mass is 742 g/mol. The maximum Gasteiger partial charge on any atom is 0.160 e. The quantitative estimate of drug-likeness (QED) is 0.170. The van der Waals surface area contributed by atoms with Gasteiger partial charge in [0.1, 0.15) is 0 Å². The van der Waals surface area contributed by atoms with Crippen molar-refractivity contribution in [2.75, 3.05) is 0 Å². The Morgan fingerprint density at radius 1 is 0.328 bits per heavy atom. The fourth-order valence-electron chi connectivity index (χ4n) is 9.89. The minimum Gasteiger partial charge on any atom is -0.228 e. The average Bonchev–Trinajstić information content (AvgIpc) is 3.56. The molecule has 9 aromatic rings. The Morgan fingerprint density at radius 2 is 0.879 bits per heavy atom. The van der Waals surface area contributed by atoms with Gasteiger partial charge in [-0.25, -0.2) is 9.97 Å². The predicted molar refractivity (Wildman–Crippen MR) is 241 cm³/mol. The van der Waals surface area contributed by atoms with Crippen LogP contribution in [0.4, 0.5) is 0 Å². The molecular weight excluding hydrogens is 701 g/mol. The van der Waals surface area contributed by atoms with E-state index in [1.54, 1.807) is 0 Å². The van der Waals surface area contributed by atoms with E-state index in [0.717, 1.165) is 33.6 Å². The molecule has 11 rings (SSSR count). The highest BCUT2D eigenvalue weighted by Gasteiger charge is 2.44. The summed E-state index contributed by atoms with van der Waals surface area (Å²) < 4.78 is 0. The first-order valence-electron chi connectivity index (χ1n) is 20.7. The number of hydrogen-bond acceptors (Lipinski definition) is 2. The first kappa shape index (κ1) is 34.4. The van der Waals surface area contributed by atoms with Gasteiger partial charge in [-0.1, -0.05) is 189 Å². The van der Waals surface area contributed by atoms with Crippen LogP contribution in [0.15, 0.2) is 194 Å². The van der Waals surface area contributed by atoms with E-state index in [1.807, 2.05) is 6.07 Å². The Bertz CT molecular complexity index is 2960. The lowest BCUT2D eigenvalue weighted by molar-refractivity contribution is 0.353. The first-order valence-corrected chi connectivity index (χ1v) is 20.7. The summed E-state index contributed by atoms with van der Waals surface area (Å²) in [4.78, 5) is 10.4. The lowest BCUT2D eigenvalue weighted by atomic mass is 9.67. The molecule has 1 heterocycles. The van der Waals surface area contributed by atoms with Crippen molar-refractivity contribution in [2.24, 2.45) is 0 Å². The third kappa shape index (κ3) is 5.87. The molecule has 0 radical (unpaired) electrons. The smallest absolute Gasteiger partial charge is 0.160 e. The molecule has 58 heavy (non-hydrogen) atoms. The van der Waals surface area contributed by atoms with E-state index in [1.165, 1.54) is 92.9 Å². The Balaban J connectivity index is 1.04. The molecule has 2 nitrogen and oxygen atoms in total. The average molecular weight is 743 g/mol. The Hall–Kier alpha value is -6.90. The SMILES string of the molecule is c1ccc(-c2ccc(-c3cc(-c4ccccc4-c4cccc(-c5cccc6c5-c5cc7ccccc7cc5C65CCCCC5)c4)nc(-c4ccccc4)n3)cc2)cc1. The molecule has 1 aromatic heterocycles. The van der Waals surface area contributed by atoms with Gasteiger partial charge in [-0.15, -0.1) is 0 Å². The van der Waals surface area contributed by atoms with Crippen LogP contribution in [-0.4, -0.2) is 9.97 Å². The number of aromatic nitrogens is 2. The minimum absolute atomic E-state index is 0.0796. The van der Waals surface area contributed by atoms with Crippen LogP contribution in [0.2, 0.25) is 0 Å². The van der Waals surface area contributed by atoms with Gasteiger partial charge in [0, 0.05) is 22.1 Å². The predicted octanol–water partition coefficient (Wildman–Crippen LogP) is 14.9. The molecule has 0 unspecified atom stereocenters. The highest BCUT2D eigenvalue weighted by Crippen LogP contribution is 2.58. The summed E-state index contributed by atoms with van der Waals surface area (Å²) >= 11 is 0. The van der Waals surface area contributed by atoms with Crippen LogP contribution in [0.25, 0.3) is 89.2 Å². The van der Waals surface area contributed by atoms with Gasteiger partial charge in [0.05, 0.1) is 11.4 Å². The third-order valence-corrected chi connectivity index (χ3v) is 12.7. The van der Waals surface area contributed by atoms with E-state index < -0.39 is 0 Å². The zero-order valence-corrected chi connectivity index (χ0v) is 32.4. The van der Waals surface area contributed by atoms with E-state index in [-0.39, 0.29) is 5.41 Å². The van der Waals surface area contributed by atoms with Gasteiger partial charge in [-0.05, 0) is 104 Å². The van der Waals surface area contributed by atoms with Gasteiger partial charge in [0.25, 0.3) is 0 Å². The molecule has 1 fully saturated rings. The lowest BCUT2D eigenvalue weighted by Gasteiger charge is -2.36. The molecule has 8 aromatic carbocycles. The lowest BCUT2D eigenvalue weighted by Crippen LogP contribution is -2.28. The van der Waals surface area contributed by atoms with Crippen molar-refractivity contribution < 1.29 is 0 Å². The van der Waals surface area contributed by atoms with Crippen molar-refractivity contribution in [3.8, 4) is 78.4 Å². The van der Waals surface area contributed by atoms with Crippen molar-refractivity contribution in [1.29, 1.82) is 0 Å². The fourth-order valence-corrected chi connectivity index (χ4v) is 9.89. The maximum atomic E-state index is 5.27. The zero-order chi connectivity index (χ0) is 38.5. The summed E-state index contributed by atoms with van der Waals surface area (Å²) in [7, 11) is 0. The second-order valence-corrected chi connectivity index (χ2v) is 16.0. The molecule has 276 valence electrons. The zero-order valence-electron chi connectivity index (χ0n) is 32.4. The number of fused-ring (bicyclic) bond motifs is 6. The van der Waals surface area contributed by atoms with Crippen LogP contribution in [0.5, 0.6) is 0 Å². The molecule has 1 saturated carbocycles. The summed E-state index contributed by atoms with van der Waals surface area (Å²) in [6.07, 6.45) is 6.30. The molecule has 1 spiro atoms. The highest BCUT2D eigenvalue weighted by molar-refractivity contribution is 5.99. The molecule has 0 aliphatic heterocycles. The number of nitrogens with zero attached hydrogens (tertiary/aromatic N) is 2. The minimum atomic E-state index is 0.0796. The molecule has 2 heteroatoms. The van der Waals surface area contributed by atoms with Crippen LogP contribution in [0.3, 0.4) is 0 Å². The van der Waals surface area contributed by atoms with E-state index in [4.69, 9.17) is 9.97 Å². The molecule has 2 aliphatic rings. The van der Waals surface area contributed by atoms with Gasteiger partial charge >= 0.3 is 0 Å². The number of hydrogen-bond donors (Lipinski definition) is 0. The summed E-state index contributed by atoms with van der Waals surface area (Å²) in [5.41, 5.74) is 18.1. The summed E-state index contributed by atoms with van der Waals surface area (Å²) in [6.45, 7) is 0. The second-order valence-electron chi connectivity index (χ2n) is 16.0. The van der Waals surface area contributed by atoms with E-state index in [0.29, 0.717) is 5.82 Å². The fraction of sp³-hybridized carbons (Fsp3) is 0.107. The van der Waals surface area contributed by atoms with Crippen LogP contribution < -0.4 is 0 Å². The van der Waals surface area contributed by atoms with Gasteiger partial charge in [-0.3, -0.25) is 0 Å². The molecule has 0 N–H and O–H groups in total. The Morgan fingerprint density at radius 3 is 1.64 bits per heavy atom. The standard InChI is InChI=1S/C56H42N2/c1-4-16-38(17-5-1)39-28-30-40(31-29-39)52-37-53(58-55(57-52)41-18-6-2-7-19-41)48-25-11-10-24-46(48)44-22-14-23-45(34-44)47-26-15-27-50-54(47)49-35-42-20-8-9-21-43(42)36-51(49)56(50)32-12-3-13-33-56/h1-2,4-11,14-31,34-37H,3,12-13,32-33H2. The van der Waals surface area contributed by atoms with Crippen molar-refractivity contribution in [2.45, 2.75) is 37.5 Å². The van der Waals surface area contributed by atoms with E-state index in [2.05, 4.69) is 188 Å². The normalized spacial score (nSPS) is 14.0.